The average Bonchev–Trinajstić information content (AvgIpc) is 3.00. The highest BCUT2D eigenvalue weighted by Crippen LogP contribution is 2.31. The third-order valence-electron chi connectivity index (χ3n) is 6.38. The lowest BCUT2D eigenvalue weighted by Crippen LogP contribution is -2.34. The molecule has 0 aliphatic carbocycles. The fourth-order valence-electron chi connectivity index (χ4n) is 4.27. The molecule has 0 aliphatic rings. The number of likely N-dealkylation sites (N-methyl/N-ethyl adjacent to an activating group) is 1. The normalized spacial score (nSPS) is 10.9. The topological polar surface area (TPSA) is 102 Å². The van der Waals surface area contributed by atoms with Gasteiger partial charge in [-0.2, -0.15) is 5.10 Å². The number of hydrogen-bond donors (Lipinski definition) is 1. The van der Waals surface area contributed by atoms with Gasteiger partial charge in [0.15, 0.2) is 18.1 Å². The highest BCUT2D eigenvalue weighted by Gasteiger charge is 2.16. The number of carbonyl (C=O) groups is 2. The van der Waals surface area contributed by atoms with Gasteiger partial charge in [-0.3, -0.25) is 9.59 Å². The first kappa shape index (κ1) is 28.1. The zero-order valence-electron chi connectivity index (χ0n) is 23.0. The molecule has 4 aromatic rings. The van der Waals surface area contributed by atoms with Crippen LogP contribution in [0.2, 0.25) is 0 Å². The van der Waals surface area contributed by atoms with E-state index in [4.69, 9.17) is 19.2 Å². The third kappa shape index (κ3) is 6.37. The van der Waals surface area contributed by atoms with Gasteiger partial charge in [0.2, 0.25) is 0 Å². The Labute approximate surface area is 233 Å². The molecular weight excluding hydrogens is 508 g/mol. The molecule has 3 aromatic carbocycles. The predicted molar refractivity (Wildman–Crippen MR) is 155 cm³/mol. The molecule has 4 rings (SSSR count). The number of pyridine rings is 1. The van der Waals surface area contributed by atoms with Gasteiger partial charge in [-0.15, -0.1) is 0 Å². The van der Waals surface area contributed by atoms with Crippen molar-refractivity contribution in [1.29, 1.82) is 0 Å². The summed E-state index contributed by atoms with van der Waals surface area (Å²) < 4.78 is 16.6. The molecule has 1 N–H and O–H groups in total. The Balaban J connectivity index is 1.52. The number of hydrazone groups is 1. The standard InChI is InChI=1S/C31H32N4O5/c1-5-35(6-2)30(36)20-40-28-16-15-21(17-29(28)39-4)19-32-34-31(37)24-18-26(23-12-8-10-14-27(23)38-3)33-25-13-9-7-11-22(24)25/h7-19H,5-6,20H2,1-4H3,(H,34,37)/b32-19+. The molecule has 0 spiro atoms. The summed E-state index contributed by atoms with van der Waals surface area (Å²) in [4.78, 5) is 32.0. The van der Waals surface area contributed by atoms with Gasteiger partial charge in [0.25, 0.3) is 11.8 Å². The maximum absolute atomic E-state index is 13.3. The Morgan fingerprint density at radius 3 is 2.38 bits per heavy atom. The number of carbonyl (C=O) groups excluding carboxylic acids is 2. The maximum Gasteiger partial charge on any atom is 0.272 e. The van der Waals surface area contributed by atoms with Gasteiger partial charge < -0.3 is 19.1 Å². The monoisotopic (exact) mass is 540 g/mol. The van der Waals surface area contributed by atoms with Crippen molar-refractivity contribution in [3.8, 4) is 28.5 Å². The zero-order valence-corrected chi connectivity index (χ0v) is 23.0. The average molecular weight is 541 g/mol. The van der Waals surface area contributed by atoms with Gasteiger partial charge >= 0.3 is 0 Å². The van der Waals surface area contributed by atoms with Gasteiger partial charge in [-0.1, -0.05) is 30.3 Å². The predicted octanol–water partition coefficient (Wildman–Crippen LogP) is 4.93. The first-order valence-corrected chi connectivity index (χ1v) is 12.9. The SMILES string of the molecule is CCN(CC)C(=O)COc1ccc(/C=N/NC(=O)c2cc(-c3ccccc3OC)nc3ccccc23)cc1OC. The number of ether oxygens (including phenoxy) is 3. The van der Waals surface area contributed by atoms with Crippen LogP contribution in [-0.2, 0) is 4.79 Å². The molecular formula is C31H32N4O5. The Kier molecular flexibility index (Phi) is 9.30. The Bertz CT molecular complexity index is 1530. The molecule has 0 unspecified atom stereocenters. The first-order chi connectivity index (χ1) is 19.5. The highest BCUT2D eigenvalue weighted by atomic mass is 16.5. The number of fused-ring (bicyclic) bond motifs is 1. The summed E-state index contributed by atoms with van der Waals surface area (Å²) in [6, 6.07) is 21.9. The molecule has 9 heteroatoms. The number of hydrogen-bond acceptors (Lipinski definition) is 7. The van der Waals surface area contributed by atoms with Crippen LogP contribution in [0.25, 0.3) is 22.2 Å². The van der Waals surface area contributed by atoms with Crippen LogP contribution in [0.3, 0.4) is 0 Å². The molecule has 9 nitrogen and oxygen atoms in total. The minimum absolute atomic E-state index is 0.0851. The van der Waals surface area contributed by atoms with Crippen LogP contribution < -0.4 is 19.6 Å². The van der Waals surface area contributed by atoms with Crippen molar-refractivity contribution < 1.29 is 23.8 Å². The van der Waals surface area contributed by atoms with E-state index in [0.717, 1.165) is 5.56 Å². The molecule has 1 aromatic heterocycles. The van der Waals surface area contributed by atoms with Gasteiger partial charge in [-0.25, -0.2) is 10.4 Å². The lowest BCUT2D eigenvalue weighted by Gasteiger charge is -2.19. The Morgan fingerprint density at radius 2 is 1.62 bits per heavy atom. The van der Waals surface area contributed by atoms with Crippen molar-refractivity contribution >= 4 is 28.9 Å². The van der Waals surface area contributed by atoms with E-state index < -0.39 is 0 Å². The van der Waals surface area contributed by atoms with Crippen molar-refractivity contribution in [2.75, 3.05) is 33.9 Å². The molecule has 0 saturated carbocycles. The minimum Gasteiger partial charge on any atom is -0.496 e. The molecule has 0 saturated heterocycles. The minimum atomic E-state index is -0.382. The smallest absolute Gasteiger partial charge is 0.272 e. The summed E-state index contributed by atoms with van der Waals surface area (Å²) in [5.41, 5.74) is 5.80. The lowest BCUT2D eigenvalue weighted by atomic mass is 10.0. The fourth-order valence-corrected chi connectivity index (χ4v) is 4.27. The van der Waals surface area contributed by atoms with E-state index in [1.54, 1.807) is 36.3 Å². The van der Waals surface area contributed by atoms with E-state index in [1.165, 1.54) is 13.3 Å². The largest absolute Gasteiger partial charge is 0.496 e. The van der Waals surface area contributed by atoms with E-state index in [2.05, 4.69) is 10.5 Å². The Hall–Kier alpha value is -4.92. The molecule has 0 aliphatic heterocycles. The number of nitrogens with zero attached hydrogens (tertiary/aromatic N) is 3. The molecule has 0 fully saturated rings. The van der Waals surface area contributed by atoms with Crippen molar-refractivity contribution in [2.45, 2.75) is 13.8 Å². The zero-order chi connectivity index (χ0) is 28.5. The van der Waals surface area contributed by atoms with Gasteiger partial charge in [0.1, 0.15) is 5.75 Å². The van der Waals surface area contributed by atoms with Gasteiger partial charge in [0.05, 0.1) is 37.2 Å². The second-order valence-electron chi connectivity index (χ2n) is 8.74. The number of amides is 2. The maximum atomic E-state index is 13.3. The molecule has 0 bridgehead atoms. The van der Waals surface area contributed by atoms with Crippen molar-refractivity contribution in [1.82, 2.24) is 15.3 Å². The molecule has 0 atom stereocenters. The van der Waals surface area contributed by atoms with Crippen molar-refractivity contribution in [3.05, 3.63) is 83.9 Å². The number of rotatable bonds is 11. The van der Waals surface area contributed by atoms with Crippen LogP contribution in [0.1, 0.15) is 29.8 Å². The van der Waals surface area contributed by atoms with E-state index in [0.29, 0.717) is 58.1 Å². The number of benzene rings is 3. The van der Waals surface area contributed by atoms with Crippen LogP contribution in [0.5, 0.6) is 17.2 Å². The first-order valence-electron chi connectivity index (χ1n) is 12.9. The lowest BCUT2D eigenvalue weighted by molar-refractivity contribution is -0.133. The van der Waals surface area contributed by atoms with E-state index >= 15 is 0 Å². The summed E-state index contributed by atoms with van der Waals surface area (Å²) >= 11 is 0. The number of nitrogens with one attached hydrogen (secondary N) is 1. The van der Waals surface area contributed by atoms with Gasteiger partial charge in [0, 0.05) is 24.0 Å². The molecule has 0 radical (unpaired) electrons. The number of para-hydroxylation sites is 2. The quantitative estimate of drug-likeness (QED) is 0.214. The second kappa shape index (κ2) is 13.2. The van der Waals surface area contributed by atoms with Crippen molar-refractivity contribution in [2.24, 2.45) is 5.10 Å². The molecule has 206 valence electrons. The van der Waals surface area contributed by atoms with Crippen LogP contribution in [-0.4, -0.2) is 61.8 Å². The Morgan fingerprint density at radius 1 is 0.900 bits per heavy atom. The summed E-state index contributed by atoms with van der Waals surface area (Å²) in [5, 5.41) is 4.86. The molecule has 2 amide bonds. The van der Waals surface area contributed by atoms with Crippen molar-refractivity contribution in [3.63, 3.8) is 0 Å². The highest BCUT2D eigenvalue weighted by molar-refractivity contribution is 6.07. The van der Waals surface area contributed by atoms with Crippen LogP contribution >= 0.6 is 0 Å². The van der Waals surface area contributed by atoms with E-state index in [1.807, 2.05) is 62.4 Å². The third-order valence-corrected chi connectivity index (χ3v) is 6.38. The van der Waals surface area contributed by atoms with Crippen LogP contribution in [0, 0.1) is 0 Å². The second-order valence-corrected chi connectivity index (χ2v) is 8.74. The van der Waals surface area contributed by atoms with E-state index in [9.17, 15) is 9.59 Å². The fraction of sp³-hybridized carbons (Fsp3) is 0.226. The number of methoxy groups -OCH3 is 2. The van der Waals surface area contributed by atoms with Crippen LogP contribution in [0.15, 0.2) is 77.9 Å². The summed E-state index contributed by atoms with van der Waals surface area (Å²) in [7, 11) is 3.12. The summed E-state index contributed by atoms with van der Waals surface area (Å²) in [6.07, 6.45) is 1.51. The molecule has 40 heavy (non-hydrogen) atoms. The van der Waals surface area contributed by atoms with Gasteiger partial charge in [-0.05, 0) is 61.9 Å². The van der Waals surface area contributed by atoms with Crippen LogP contribution in [0.4, 0.5) is 0 Å². The summed E-state index contributed by atoms with van der Waals surface area (Å²) in [5.74, 6) is 1.07. The summed E-state index contributed by atoms with van der Waals surface area (Å²) in [6.45, 7) is 5.00. The molecule has 1 heterocycles. The van der Waals surface area contributed by atoms with E-state index in [-0.39, 0.29) is 18.4 Å². The number of aromatic nitrogens is 1.